The van der Waals surface area contributed by atoms with E-state index in [9.17, 15) is 4.79 Å². The molecule has 7 nitrogen and oxygen atoms in total. The molecule has 0 aromatic heterocycles. The van der Waals surface area contributed by atoms with Crippen molar-refractivity contribution in [3.05, 3.63) is 29.8 Å². The average Bonchev–Trinajstić information content (AvgIpc) is 2.67. The monoisotopic (exact) mass is 376 g/mol. The number of nitrogens with one attached hydrogen (secondary N) is 3. The number of carbonyl (C=O) groups is 1. The summed E-state index contributed by atoms with van der Waals surface area (Å²) in [4.78, 5) is 16.6. The number of benzene rings is 1. The van der Waals surface area contributed by atoms with Crippen LogP contribution in [0.1, 0.15) is 37.7 Å². The van der Waals surface area contributed by atoms with Gasteiger partial charge in [-0.15, -0.1) is 0 Å². The maximum absolute atomic E-state index is 11.9. The van der Waals surface area contributed by atoms with Gasteiger partial charge in [-0.05, 0) is 31.4 Å². The number of aliphatic imine (C=N–C) groups is 1. The Morgan fingerprint density at radius 2 is 2.07 bits per heavy atom. The summed E-state index contributed by atoms with van der Waals surface area (Å²) >= 11 is 0. The van der Waals surface area contributed by atoms with Gasteiger partial charge in [0, 0.05) is 44.8 Å². The largest absolute Gasteiger partial charge is 0.382 e. The van der Waals surface area contributed by atoms with Crippen LogP contribution < -0.4 is 16.0 Å². The minimum absolute atomic E-state index is 0.0559. The molecule has 1 aliphatic rings. The molecule has 0 bridgehead atoms. The lowest BCUT2D eigenvalue weighted by atomic mass is 9.91. The van der Waals surface area contributed by atoms with Crippen LogP contribution in [0.25, 0.3) is 0 Å². The topological polar surface area (TPSA) is 84.0 Å². The molecule has 1 aromatic carbocycles. The molecule has 1 heterocycles. The van der Waals surface area contributed by atoms with Crippen LogP contribution in [0.4, 0.5) is 5.69 Å². The van der Waals surface area contributed by atoms with Gasteiger partial charge in [0.2, 0.25) is 5.91 Å². The first-order chi connectivity index (χ1) is 13.2. The molecule has 0 aliphatic carbocycles. The number of rotatable bonds is 11. The Labute approximate surface area is 161 Å². The highest BCUT2D eigenvalue weighted by molar-refractivity contribution is 5.94. The van der Waals surface area contributed by atoms with Gasteiger partial charge in [0.1, 0.15) is 0 Å². The summed E-state index contributed by atoms with van der Waals surface area (Å²) in [5, 5.41) is 9.55. The summed E-state index contributed by atoms with van der Waals surface area (Å²) in [7, 11) is 1.67. The van der Waals surface area contributed by atoms with Crippen LogP contribution in [-0.2, 0) is 14.3 Å². The van der Waals surface area contributed by atoms with Crippen LogP contribution in [-0.4, -0.2) is 58.4 Å². The van der Waals surface area contributed by atoms with E-state index in [-0.39, 0.29) is 11.8 Å². The molecular weight excluding hydrogens is 344 g/mol. The van der Waals surface area contributed by atoms with E-state index < -0.39 is 0 Å². The first-order valence-corrected chi connectivity index (χ1v) is 9.72. The van der Waals surface area contributed by atoms with Crippen LogP contribution in [0.15, 0.2) is 29.3 Å². The third kappa shape index (κ3) is 7.56. The molecular formula is C20H32N4O3. The number of fused-ring (bicyclic) bond motifs is 1. The number of unbranched alkanes of at least 4 members (excludes halogenated alkanes) is 1. The third-order valence-corrected chi connectivity index (χ3v) is 4.36. The van der Waals surface area contributed by atoms with E-state index in [0.717, 1.165) is 49.7 Å². The van der Waals surface area contributed by atoms with Crippen molar-refractivity contribution in [3.8, 4) is 0 Å². The average molecular weight is 377 g/mol. The molecule has 0 spiro atoms. The molecule has 7 heteroatoms. The molecule has 27 heavy (non-hydrogen) atoms. The highest BCUT2D eigenvalue weighted by atomic mass is 16.5. The number of hydrogen-bond acceptors (Lipinski definition) is 4. The molecule has 3 N–H and O–H groups in total. The van der Waals surface area contributed by atoms with Crippen molar-refractivity contribution in [2.75, 3.05) is 51.9 Å². The van der Waals surface area contributed by atoms with E-state index in [1.165, 1.54) is 0 Å². The van der Waals surface area contributed by atoms with Crippen molar-refractivity contribution >= 4 is 17.6 Å². The Kier molecular flexibility index (Phi) is 9.65. The molecule has 2 rings (SSSR count). The minimum Gasteiger partial charge on any atom is -0.382 e. The van der Waals surface area contributed by atoms with Crippen molar-refractivity contribution < 1.29 is 14.3 Å². The van der Waals surface area contributed by atoms with Gasteiger partial charge in [-0.3, -0.25) is 9.79 Å². The predicted octanol–water partition coefficient (Wildman–Crippen LogP) is 2.11. The summed E-state index contributed by atoms with van der Waals surface area (Å²) in [6.07, 6.45) is 2.47. The number of para-hydroxylation sites is 1. The van der Waals surface area contributed by atoms with Crippen LogP contribution in [0.3, 0.4) is 0 Å². The maximum atomic E-state index is 11.9. The molecule has 0 saturated carbocycles. The molecule has 1 amide bonds. The van der Waals surface area contributed by atoms with Gasteiger partial charge in [-0.25, -0.2) is 0 Å². The van der Waals surface area contributed by atoms with Gasteiger partial charge >= 0.3 is 0 Å². The molecule has 150 valence electrons. The van der Waals surface area contributed by atoms with Crippen LogP contribution >= 0.6 is 0 Å². The van der Waals surface area contributed by atoms with Gasteiger partial charge in [0.05, 0.1) is 19.8 Å². The summed E-state index contributed by atoms with van der Waals surface area (Å²) in [6.45, 7) is 6.29. The Morgan fingerprint density at radius 1 is 1.22 bits per heavy atom. The van der Waals surface area contributed by atoms with Crippen LogP contribution in [0.2, 0.25) is 0 Å². The molecule has 1 aliphatic heterocycles. The van der Waals surface area contributed by atoms with E-state index in [1.807, 2.05) is 25.1 Å². The zero-order chi connectivity index (χ0) is 19.3. The second-order valence-corrected chi connectivity index (χ2v) is 6.50. The molecule has 0 fully saturated rings. The van der Waals surface area contributed by atoms with Crippen molar-refractivity contribution in [2.24, 2.45) is 4.99 Å². The molecule has 1 unspecified atom stereocenters. The van der Waals surface area contributed by atoms with E-state index >= 15 is 0 Å². The number of anilines is 1. The van der Waals surface area contributed by atoms with E-state index in [1.54, 1.807) is 7.11 Å². The summed E-state index contributed by atoms with van der Waals surface area (Å²) in [5.74, 6) is 0.959. The zero-order valence-corrected chi connectivity index (χ0v) is 16.4. The summed E-state index contributed by atoms with van der Waals surface area (Å²) < 4.78 is 10.4. The summed E-state index contributed by atoms with van der Waals surface area (Å²) in [6, 6.07) is 7.96. The lowest BCUT2D eigenvalue weighted by Gasteiger charge is -2.24. The molecule has 1 aromatic rings. The number of carbonyl (C=O) groups excluding carboxylic acids is 1. The van der Waals surface area contributed by atoms with Gasteiger partial charge in [0.15, 0.2) is 5.96 Å². The Balaban J connectivity index is 1.79. The molecule has 0 saturated heterocycles. The van der Waals surface area contributed by atoms with Crippen molar-refractivity contribution in [1.29, 1.82) is 0 Å². The number of methoxy groups -OCH3 is 1. The Hall–Kier alpha value is -2.12. The second-order valence-electron chi connectivity index (χ2n) is 6.50. The number of nitrogens with zero attached hydrogens (tertiary/aromatic N) is 1. The third-order valence-electron chi connectivity index (χ3n) is 4.36. The second kappa shape index (κ2) is 12.3. The summed E-state index contributed by atoms with van der Waals surface area (Å²) in [5.41, 5.74) is 2.06. The molecule has 1 atom stereocenters. The first-order valence-electron chi connectivity index (χ1n) is 9.72. The van der Waals surface area contributed by atoms with E-state index in [0.29, 0.717) is 26.2 Å². The number of amides is 1. The van der Waals surface area contributed by atoms with Crippen molar-refractivity contribution in [1.82, 2.24) is 10.6 Å². The van der Waals surface area contributed by atoms with E-state index in [2.05, 4.69) is 22.0 Å². The highest BCUT2D eigenvalue weighted by Crippen LogP contribution is 2.31. The fraction of sp³-hybridized carbons (Fsp3) is 0.600. The lowest BCUT2D eigenvalue weighted by Crippen LogP contribution is -2.38. The highest BCUT2D eigenvalue weighted by Gasteiger charge is 2.24. The Morgan fingerprint density at radius 3 is 2.89 bits per heavy atom. The van der Waals surface area contributed by atoms with E-state index in [4.69, 9.17) is 14.5 Å². The van der Waals surface area contributed by atoms with Gasteiger partial charge in [0.25, 0.3) is 0 Å². The van der Waals surface area contributed by atoms with Gasteiger partial charge in [-0.2, -0.15) is 0 Å². The first kappa shape index (κ1) is 21.2. The quantitative estimate of drug-likeness (QED) is 0.313. The number of guanidine groups is 1. The fourth-order valence-electron chi connectivity index (χ4n) is 2.99. The van der Waals surface area contributed by atoms with Crippen molar-refractivity contribution in [2.45, 2.75) is 32.1 Å². The fourth-order valence-corrected chi connectivity index (χ4v) is 2.99. The predicted molar refractivity (Wildman–Crippen MR) is 108 cm³/mol. The standard InChI is InChI=1S/C20H32N4O3/c1-3-21-20(22-10-6-7-11-27-13-12-26-2)23-15-16-14-19(25)24-18-9-5-4-8-17(16)18/h4-5,8-9,16H,3,6-7,10-15H2,1-2H3,(H,24,25)(H2,21,22,23). The van der Waals surface area contributed by atoms with Gasteiger partial charge in [-0.1, -0.05) is 18.2 Å². The normalized spacial score (nSPS) is 16.6. The SMILES string of the molecule is CCNC(=NCC1CC(=O)Nc2ccccc21)NCCCCOCCOC. The van der Waals surface area contributed by atoms with Crippen molar-refractivity contribution in [3.63, 3.8) is 0 Å². The molecule has 0 radical (unpaired) electrons. The number of hydrogen-bond donors (Lipinski definition) is 3. The number of ether oxygens (including phenoxy) is 2. The smallest absolute Gasteiger partial charge is 0.225 e. The lowest BCUT2D eigenvalue weighted by molar-refractivity contribution is -0.116. The van der Waals surface area contributed by atoms with Gasteiger partial charge < -0.3 is 25.4 Å². The Bertz CT molecular complexity index is 607. The zero-order valence-electron chi connectivity index (χ0n) is 16.4. The maximum Gasteiger partial charge on any atom is 0.225 e. The van der Waals surface area contributed by atoms with Crippen LogP contribution in [0, 0.1) is 0 Å². The van der Waals surface area contributed by atoms with Crippen LogP contribution in [0.5, 0.6) is 0 Å². The minimum atomic E-state index is 0.0559.